The molecule has 1 N–H and O–H groups in total. The highest BCUT2D eigenvalue weighted by molar-refractivity contribution is 7.09. The second kappa shape index (κ2) is 5.98. The monoisotopic (exact) mass is 249 g/mol. The lowest BCUT2D eigenvalue weighted by Crippen LogP contribution is -2.33. The third-order valence-electron chi connectivity index (χ3n) is 2.74. The van der Waals surface area contributed by atoms with Gasteiger partial charge in [0.25, 0.3) is 0 Å². The van der Waals surface area contributed by atoms with Crippen LogP contribution in [0.5, 0.6) is 0 Å². The van der Waals surface area contributed by atoms with Crippen LogP contribution in [-0.2, 0) is 19.9 Å². The number of hydrogen-bond acceptors (Lipinski definition) is 3. The molecule has 0 bridgehead atoms. The highest BCUT2D eigenvalue weighted by atomic mass is 32.1. The highest BCUT2D eigenvalue weighted by Crippen LogP contribution is 2.13. The SMILES string of the molecule is CCNC(Cc1ccn(C)n1)Cc1cccs1. The third-order valence-corrected chi connectivity index (χ3v) is 3.64. The van der Waals surface area contributed by atoms with Crippen molar-refractivity contribution in [1.82, 2.24) is 15.1 Å². The molecular weight excluding hydrogens is 230 g/mol. The van der Waals surface area contributed by atoms with Gasteiger partial charge in [0.2, 0.25) is 0 Å². The van der Waals surface area contributed by atoms with Gasteiger partial charge in [-0.15, -0.1) is 11.3 Å². The molecule has 1 unspecified atom stereocenters. The van der Waals surface area contributed by atoms with Crippen LogP contribution in [0.3, 0.4) is 0 Å². The van der Waals surface area contributed by atoms with E-state index < -0.39 is 0 Å². The molecule has 0 saturated heterocycles. The van der Waals surface area contributed by atoms with Crippen molar-refractivity contribution < 1.29 is 0 Å². The number of aromatic nitrogens is 2. The van der Waals surface area contributed by atoms with Gasteiger partial charge < -0.3 is 5.32 Å². The van der Waals surface area contributed by atoms with Crippen LogP contribution < -0.4 is 5.32 Å². The Labute approximate surface area is 106 Å². The van der Waals surface area contributed by atoms with Crippen LogP contribution >= 0.6 is 11.3 Å². The summed E-state index contributed by atoms with van der Waals surface area (Å²) in [4.78, 5) is 1.44. The van der Waals surface area contributed by atoms with Crippen molar-refractivity contribution in [1.29, 1.82) is 0 Å². The third kappa shape index (κ3) is 3.68. The van der Waals surface area contributed by atoms with E-state index in [-0.39, 0.29) is 0 Å². The Bertz CT molecular complexity index is 433. The maximum Gasteiger partial charge on any atom is 0.0640 e. The van der Waals surface area contributed by atoms with Crippen molar-refractivity contribution in [3.63, 3.8) is 0 Å². The molecule has 2 aromatic heterocycles. The zero-order chi connectivity index (χ0) is 12.1. The summed E-state index contributed by atoms with van der Waals surface area (Å²) < 4.78 is 1.86. The molecule has 1 atom stereocenters. The Balaban J connectivity index is 1.97. The number of likely N-dealkylation sites (N-methyl/N-ethyl adjacent to an activating group) is 1. The van der Waals surface area contributed by atoms with E-state index in [4.69, 9.17) is 0 Å². The van der Waals surface area contributed by atoms with E-state index in [2.05, 4.69) is 40.9 Å². The second-order valence-corrected chi connectivity index (χ2v) is 5.26. The molecule has 0 spiro atoms. The van der Waals surface area contributed by atoms with Gasteiger partial charge in [-0.05, 0) is 30.5 Å². The Morgan fingerprint density at radius 1 is 1.41 bits per heavy atom. The fourth-order valence-corrected chi connectivity index (χ4v) is 2.79. The summed E-state index contributed by atoms with van der Waals surface area (Å²) >= 11 is 1.83. The Kier molecular flexibility index (Phi) is 4.34. The lowest BCUT2D eigenvalue weighted by atomic mass is 10.1. The Hall–Kier alpha value is -1.13. The maximum absolute atomic E-state index is 4.44. The van der Waals surface area contributed by atoms with Gasteiger partial charge in [-0.2, -0.15) is 5.10 Å². The maximum atomic E-state index is 4.44. The largest absolute Gasteiger partial charge is 0.314 e. The zero-order valence-electron chi connectivity index (χ0n) is 10.4. The topological polar surface area (TPSA) is 29.9 Å². The summed E-state index contributed by atoms with van der Waals surface area (Å²) in [7, 11) is 1.96. The molecule has 92 valence electrons. The van der Waals surface area contributed by atoms with Gasteiger partial charge in [0.05, 0.1) is 5.69 Å². The Morgan fingerprint density at radius 2 is 2.29 bits per heavy atom. The van der Waals surface area contributed by atoms with E-state index in [0.29, 0.717) is 6.04 Å². The quantitative estimate of drug-likeness (QED) is 0.851. The molecule has 0 aromatic carbocycles. The predicted molar refractivity (Wildman–Crippen MR) is 72.4 cm³/mol. The summed E-state index contributed by atoms with van der Waals surface area (Å²) in [6.45, 7) is 3.16. The van der Waals surface area contributed by atoms with Crippen LogP contribution in [0.2, 0.25) is 0 Å². The molecule has 0 aliphatic rings. The molecule has 0 aliphatic heterocycles. The van der Waals surface area contributed by atoms with Gasteiger partial charge in [0.15, 0.2) is 0 Å². The van der Waals surface area contributed by atoms with Crippen LogP contribution in [0.15, 0.2) is 29.8 Å². The molecule has 4 heteroatoms. The molecule has 2 aromatic rings. The van der Waals surface area contributed by atoms with E-state index in [1.54, 1.807) is 0 Å². The van der Waals surface area contributed by atoms with Crippen LogP contribution in [0, 0.1) is 0 Å². The summed E-state index contributed by atoms with van der Waals surface area (Å²) in [6, 6.07) is 6.89. The predicted octanol–water partition coefficient (Wildman–Crippen LogP) is 2.24. The van der Waals surface area contributed by atoms with Crippen LogP contribution in [-0.4, -0.2) is 22.4 Å². The van der Waals surface area contributed by atoms with E-state index in [9.17, 15) is 0 Å². The fraction of sp³-hybridized carbons (Fsp3) is 0.462. The first-order valence-corrected chi connectivity index (χ1v) is 6.90. The zero-order valence-corrected chi connectivity index (χ0v) is 11.2. The standard InChI is InChI=1S/C13H19N3S/c1-3-14-12(10-13-5-4-8-17-13)9-11-6-7-16(2)15-11/h4-8,12,14H,3,9-10H2,1-2H3. The average molecular weight is 249 g/mol. The number of rotatable bonds is 6. The summed E-state index contributed by atoms with van der Waals surface area (Å²) in [6.07, 6.45) is 4.08. The Morgan fingerprint density at radius 3 is 2.88 bits per heavy atom. The summed E-state index contributed by atoms with van der Waals surface area (Å²) in [5, 5.41) is 10.1. The molecule has 3 nitrogen and oxygen atoms in total. The van der Waals surface area contributed by atoms with Crippen LogP contribution in [0.1, 0.15) is 17.5 Å². The first-order chi connectivity index (χ1) is 8.28. The molecule has 0 saturated carbocycles. The number of thiophene rings is 1. The van der Waals surface area contributed by atoms with Gasteiger partial charge in [-0.3, -0.25) is 4.68 Å². The van der Waals surface area contributed by atoms with E-state index in [0.717, 1.165) is 25.1 Å². The summed E-state index contributed by atoms with van der Waals surface area (Å²) in [5.41, 5.74) is 1.16. The highest BCUT2D eigenvalue weighted by Gasteiger charge is 2.11. The minimum absolute atomic E-state index is 0.480. The first kappa shape index (κ1) is 12.3. The van der Waals surface area contributed by atoms with Crippen molar-refractivity contribution in [3.05, 3.63) is 40.3 Å². The van der Waals surface area contributed by atoms with Gasteiger partial charge in [-0.25, -0.2) is 0 Å². The molecule has 17 heavy (non-hydrogen) atoms. The first-order valence-electron chi connectivity index (χ1n) is 6.02. The van der Waals surface area contributed by atoms with E-state index >= 15 is 0 Å². The van der Waals surface area contributed by atoms with Crippen molar-refractivity contribution in [2.45, 2.75) is 25.8 Å². The lowest BCUT2D eigenvalue weighted by molar-refractivity contribution is 0.516. The van der Waals surface area contributed by atoms with Crippen molar-refractivity contribution in [3.8, 4) is 0 Å². The van der Waals surface area contributed by atoms with Gasteiger partial charge in [0.1, 0.15) is 0 Å². The minimum atomic E-state index is 0.480. The molecule has 2 rings (SSSR count). The molecule has 0 aliphatic carbocycles. The minimum Gasteiger partial charge on any atom is -0.314 e. The molecule has 0 fully saturated rings. The van der Waals surface area contributed by atoms with Crippen molar-refractivity contribution in [2.75, 3.05) is 6.54 Å². The van der Waals surface area contributed by atoms with E-state index in [1.807, 2.05) is 29.3 Å². The van der Waals surface area contributed by atoms with Crippen molar-refractivity contribution in [2.24, 2.45) is 7.05 Å². The second-order valence-electron chi connectivity index (χ2n) is 4.22. The number of hydrogen-bond donors (Lipinski definition) is 1. The molecular formula is C13H19N3S. The average Bonchev–Trinajstić information content (AvgIpc) is 2.91. The number of nitrogens with zero attached hydrogens (tertiary/aromatic N) is 2. The molecule has 0 amide bonds. The lowest BCUT2D eigenvalue weighted by Gasteiger charge is -2.15. The number of nitrogens with one attached hydrogen (secondary N) is 1. The summed E-state index contributed by atoms with van der Waals surface area (Å²) in [5.74, 6) is 0. The van der Waals surface area contributed by atoms with Gasteiger partial charge >= 0.3 is 0 Å². The number of aryl methyl sites for hydroxylation is 1. The fourth-order valence-electron chi connectivity index (χ4n) is 2.00. The smallest absolute Gasteiger partial charge is 0.0640 e. The van der Waals surface area contributed by atoms with Gasteiger partial charge in [-0.1, -0.05) is 13.0 Å². The molecule has 0 radical (unpaired) electrons. The van der Waals surface area contributed by atoms with E-state index in [1.165, 1.54) is 4.88 Å². The van der Waals surface area contributed by atoms with Crippen LogP contribution in [0.4, 0.5) is 0 Å². The molecule has 2 heterocycles. The van der Waals surface area contributed by atoms with Crippen molar-refractivity contribution >= 4 is 11.3 Å². The van der Waals surface area contributed by atoms with Crippen LogP contribution in [0.25, 0.3) is 0 Å². The van der Waals surface area contributed by atoms with Gasteiger partial charge in [0, 0.05) is 30.6 Å². The normalized spacial score (nSPS) is 12.8.